The van der Waals surface area contributed by atoms with Crippen LogP contribution >= 0.6 is 0 Å². The van der Waals surface area contributed by atoms with E-state index in [0.717, 1.165) is 28.9 Å². The minimum absolute atomic E-state index is 0.0433. The zero-order chi connectivity index (χ0) is 15.9. The van der Waals surface area contributed by atoms with Gasteiger partial charge in [0.05, 0.1) is 5.69 Å². The van der Waals surface area contributed by atoms with Crippen molar-refractivity contribution in [3.63, 3.8) is 0 Å². The summed E-state index contributed by atoms with van der Waals surface area (Å²) >= 11 is 0. The highest BCUT2D eigenvalue weighted by Gasteiger charge is 2.06. The number of pyridine rings is 2. The maximum atomic E-state index is 11.5. The van der Waals surface area contributed by atoms with Crippen LogP contribution in [0.1, 0.15) is 37.9 Å². The number of allylic oxidation sites excluding steroid dienone is 1. The maximum Gasteiger partial charge on any atom is 0.225 e. The normalized spacial score (nSPS) is 10.9. The number of carbonyl (C=O) groups excluding carboxylic acids is 1. The van der Waals surface area contributed by atoms with Gasteiger partial charge in [0.2, 0.25) is 5.91 Å². The van der Waals surface area contributed by atoms with Gasteiger partial charge in [-0.25, -0.2) is 4.98 Å². The van der Waals surface area contributed by atoms with Crippen molar-refractivity contribution in [2.75, 3.05) is 5.32 Å². The Labute approximate surface area is 131 Å². The van der Waals surface area contributed by atoms with Gasteiger partial charge in [-0.1, -0.05) is 32.1 Å². The average molecular weight is 295 g/mol. The van der Waals surface area contributed by atoms with Crippen LogP contribution < -0.4 is 5.32 Å². The molecular weight excluding hydrogens is 274 g/mol. The lowest BCUT2D eigenvalue weighted by Gasteiger charge is -2.07. The van der Waals surface area contributed by atoms with Crippen molar-refractivity contribution in [2.45, 2.75) is 33.6 Å². The van der Waals surface area contributed by atoms with Crippen molar-refractivity contribution in [1.29, 1.82) is 0 Å². The molecule has 0 aliphatic heterocycles. The van der Waals surface area contributed by atoms with Crippen LogP contribution in [0.5, 0.6) is 0 Å². The fourth-order valence-electron chi connectivity index (χ4n) is 2.00. The third-order valence-electron chi connectivity index (χ3n) is 3.29. The van der Waals surface area contributed by atoms with Crippen LogP contribution in [0.3, 0.4) is 0 Å². The molecule has 1 N–H and O–H groups in total. The number of rotatable bonds is 5. The molecule has 0 aromatic carbocycles. The van der Waals surface area contributed by atoms with E-state index in [0.29, 0.717) is 12.2 Å². The van der Waals surface area contributed by atoms with E-state index in [1.54, 1.807) is 6.07 Å². The molecule has 4 nitrogen and oxygen atoms in total. The lowest BCUT2D eigenvalue weighted by molar-refractivity contribution is -0.115. The van der Waals surface area contributed by atoms with Crippen molar-refractivity contribution < 1.29 is 4.79 Å². The third kappa shape index (κ3) is 4.01. The lowest BCUT2D eigenvalue weighted by atomic mass is 10.1. The number of hydrogen-bond donors (Lipinski definition) is 1. The molecule has 4 heteroatoms. The number of hydrogen-bond acceptors (Lipinski definition) is 3. The van der Waals surface area contributed by atoms with E-state index in [-0.39, 0.29) is 5.91 Å². The predicted octanol–water partition coefficient (Wildman–Crippen LogP) is 4.22. The molecule has 0 aliphatic rings. The maximum absolute atomic E-state index is 11.5. The first kappa shape index (κ1) is 15.9. The zero-order valence-corrected chi connectivity index (χ0v) is 13.3. The molecule has 0 radical (unpaired) electrons. The molecule has 2 aromatic heterocycles. The highest BCUT2D eigenvalue weighted by molar-refractivity contribution is 5.89. The number of carbonyl (C=O) groups is 1. The number of nitrogens with one attached hydrogen (secondary N) is 1. The molecule has 2 heterocycles. The van der Waals surface area contributed by atoms with E-state index < -0.39 is 0 Å². The molecule has 0 aliphatic carbocycles. The van der Waals surface area contributed by atoms with Crippen LogP contribution in [0.2, 0.25) is 0 Å². The first-order chi connectivity index (χ1) is 10.6. The molecule has 2 rings (SSSR count). The predicted molar refractivity (Wildman–Crippen MR) is 90.5 cm³/mol. The summed E-state index contributed by atoms with van der Waals surface area (Å²) in [6, 6.07) is 7.66. The Kier molecular flexibility index (Phi) is 5.42. The van der Waals surface area contributed by atoms with Gasteiger partial charge in [0.1, 0.15) is 5.82 Å². The monoisotopic (exact) mass is 295 g/mol. The van der Waals surface area contributed by atoms with Crippen molar-refractivity contribution in [1.82, 2.24) is 9.97 Å². The van der Waals surface area contributed by atoms with Crippen LogP contribution in [0.25, 0.3) is 17.3 Å². The van der Waals surface area contributed by atoms with Gasteiger partial charge in [0.25, 0.3) is 0 Å². The molecule has 22 heavy (non-hydrogen) atoms. The highest BCUT2D eigenvalue weighted by Crippen LogP contribution is 2.21. The smallest absolute Gasteiger partial charge is 0.225 e. The second-order valence-electron chi connectivity index (χ2n) is 5.02. The van der Waals surface area contributed by atoms with E-state index >= 15 is 0 Å². The minimum Gasteiger partial charge on any atom is -0.311 e. The first-order valence-electron chi connectivity index (χ1n) is 7.54. The number of amides is 1. The summed E-state index contributed by atoms with van der Waals surface area (Å²) in [5.41, 5.74) is 3.81. The highest BCUT2D eigenvalue weighted by atomic mass is 16.1. The topological polar surface area (TPSA) is 54.9 Å². The van der Waals surface area contributed by atoms with Crippen LogP contribution in [0, 0.1) is 6.92 Å². The second kappa shape index (κ2) is 7.50. The summed E-state index contributed by atoms with van der Waals surface area (Å²) in [5.74, 6) is 0.522. The summed E-state index contributed by atoms with van der Waals surface area (Å²) in [5, 5.41) is 2.78. The molecule has 1 amide bonds. The summed E-state index contributed by atoms with van der Waals surface area (Å²) in [7, 11) is 0. The van der Waals surface area contributed by atoms with Gasteiger partial charge >= 0.3 is 0 Å². The van der Waals surface area contributed by atoms with E-state index in [1.807, 2.05) is 32.2 Å². The molecule has 0 unspecified atom stereocenters. The van der Waals surface area contributed by atoms with Crippen LogP contribution in [0.4, 0.5) is 5.82 Å². The van der Waals surface area contributed by atoms with Gasteiger partial charge in [-0.2, -0.15) is 0 Å². The Morgan fingerprint density at radius 2 is 2.14 bits per heavy atom. The van der Waals surface area contributed by atoms with Crippen LogP contribution in [-0.4, -0.2) is 15.9 Å². The molecule has 0 spiro atoms. The SMILES string of the molecule is CC/C=C\c1cc(-c2cccc(NC(=O)CC)n2)cnc1C. The van der Waals surface area contributed by atoms with Gasteiger partial charge in [-0.3, -0.25) is 9.78 Å². The van der Waals surface area contributed by atoms with Gasteiger partial charge in [0.15, 0.2) is 0 Å². The van der Waals surface area contributed by atoms with Crippen LogP contribution in [0.15, 0.2) is 36.5 Å². The third-order valence-corrected chi connectivity index (χ3v) is 3.29. The summed E-state index contributed by atoms with van der Waals surface area (Å²) in [4.78, 5) is 20.4. The molecule has 0 fully saturated rings. The number of aryl methyl sites for hydroxylation is 1. The van der Waals surface area contributed by atoms with E-state index in [1.165, 1.54) is 0 Å². The summed E-state index contributed by atoms with van der Waals surface area (Å²) in [6.07, 6.45) is 7.42. The van der Waals surface area contributed by atoms with Crippen LogP contribution in [-0.2, 0) is 4.79 Å². The van der Waals surface area contributed by atoms with Gasteiger partial charge < -0.3 is 5.32 Å². The van der Waals surface area contributed by atoms with Gasteiger partial charge in [-0.05, 0) is 37.1 Å². The molecule has 0 bridgehead atoms. The molecule has 0 atom stereocenters. The van der Waals surface area contributed by atoms with Crippen molar-refractivity contribution >= 4 is 17.8 Å². The Morgan fingerprint density at radius 1 is 1.32 bits per heavy atom. The van der Waals surface area contributed by atoms with E-state index in [9.17, 15) is 4.79 Å². The van der Waals surface area contributed by atoms with Gasteiger partial charge in [-0.15, -0.1) is 0 Å². The van der Waals surface area contributed by atoms with Gasteiger partial charge in [0, 0.05) is 23.9 Å². The average Bonchev–Trinajstić information content (AvgIpc) is 2.54. The Balaban J connectivity index is 2.33. The quantitative estimate of drug-likeness (QED) is 0.898. The van der Waals surface area contributed by atoms with Crippen molar-refractivity contribution in [3.05, 3.63) is 47.8 Å². The number of nitrogens with zero attached hydrogens (tertiary/aromatic N) is 2. The van der Waals surface area contributed by atoms with Crippen molar-refractivity contribution in [2.24, 2.45) is 0 Å². The molecule has 114 valence electrons. The second-order valence-corrected chi connectivity index (χ2v) is 5.02. The number of aromatic nitrogens is 2. The lowest BCUT2D eigenvalue weighted by Crippen LogP contribution is -2.10. The first-order valence-corrected chi connectivity index (χ1v) is 7.54. The Bertz CT molecular complexity index is 692. The Hall–Kier alpha value is -2.49. The number of anilines is 1. The van der Waals surface area contributed by atoms with E-state index in [4.69, 9.17) is 0 Å². The molecular formula is C18H21N3O. The molecule has 0 saturated carbocycles. The fraction of sp³-hybridized carbons (Fsp3) is 0.278. The Morgan fingerprint density at radius 3 is 2.86 bits per heavy atom. The minimum atomic E-state index is -0.0433. The largest absolute Gasteiger partial charge is 0.311 e. The molecule has 2 aromatic rings. The van der Waals surface area contributed by atoms with E-state index in [2.05, 4.69) is 40.4 Å². The van der Waals surface area contributed by atoms with Crippen molar-refractivity contribution in [3.8, 4) is 11.3 Å². The zero-order valence-electron chi connectivity index (χ0n) is 13.3. The fourth-order valence-corrected chi connectivity index (χ4v) is 2.00. The standard InChI is InChI=1S/C18H21N3O/c1-4-6-8-14-11-15(12-19-13(14)3)16-9-7-10-17(20-16)21-18(22)5-2/h6-12H,4-5H2,1-3H3,(H,20,21,22)/b8-6-. The molecule has 0 saturated heterocycles. The summed E-state index contributed by atoms with van der Waals surface area (Å²) in [6.45, 7) is 5.91. The summed E-state index contributed by atoms with van der Waals surface area (Å²) < 4.78 is 0.